The molecule has 0 spiro atoms. The summed E-state index contributed by atoms with van der Waals surface area (Å²) in [4.78, 5) is 18.0. The fourth-order valence-electron chi connectivity index (χ4n) is 3.04. The van der Waals surface area contributed by atoms with Gasteiger partial charge in [-0.15, -0.1) is 0 Å². The first kappa shape index (κ1) is 20.0. The maximum absolute atomic E-state index is 11.2. The van der Waals surface area contributed by atoms with Crippen molar-refractivity contribution < 1.29 is 9.53 Å². The van der Waals surface area contributed by atoms with Crippen LogP contribution in [0.25, 0.3) is 0 Å². The Kier molecular flexibility index (Phi) is 7.26. The molecule has 1 aliphatic rings. The number of amides is 1. The van der Waals surface area contributed by atoms with E-state index in [2.05, 4.69) is 51.4 Å². The minimum Gasteiger partial charge on any atom is -0.453 e. The van der Waals surface area contributed by atoms with Gasteiger partial charge in [-0.3, -0.25) is 15.2 Å². The Balaban J connectivity index is 1.84. The predicted octanol–water partition coefficient (Wildman–Crippen LogP) is 2.26. The molecule has 2 rings (SSSR count). The highest BCUT2D eigenvalue weighted by molar-refractivity contribution is 5.84. The van der Waals surface area contributed by atoms with E-state index in [0.29, 0.717) is 30.2 Å². The summed E-state index contributed by atoms with van der Waals surface area (Å²) in [6.07, 6.45) is -0.471. The topological polar surface area (TPSA) is 78.0 Å². The Bertz CT molecular complexity index is 615. The summed E-state index contributed by atoms with van der Waals surface area (Å²) in [5.74, 6) is 1.39. The van der Waals surface area contributed by atoms with Crippen LogP contribution in [0.3, 0.4) is 0 Å². The molecule has 1 heterocycles. The maximum atomic E-state index is 11.2. The average molecular weight is 361 g/mol. The van der Waals surface area contributed by atoms with Gasteiger partial charge >= 0.3 is 6.09 Å². The monoisotopic (exact) mass is 361 g/mol. The van der Waals surface area contributed by atoms with Gasteiger partial charge in [-0.1, -0.05) is 19.1 Å². The Morgan fingerprint density at radius 1 is 1.31 bits per heavy atom. The molecular weight excluding hydrogens is 330 g/mol. The van der Waals surface area contributed by atoms with Crippen molar-refractivity contribution >= 4 is 17.7 Å². The summed E-state index contributed by atoms with van der Waals surface area (Å²) in [5, 5.41) is 9.54. The highest BCUT2D eigenvalue weighted by Crippen LogP contribution is 2.18. The number of nitrogens with zero attached hydrogens (tertiary/aromatic N) is 2. The molecule has 3 N–H and O–H groups in total. The van der Waals surface area contributed by atoms with Gasteiger partial charge in [0.2, 0.25) is 0 Å². The number of hydrogen-bond donors (Lipinski definition) is 3. The number of benzene rings is 1. The zero-order chi connectivity index (χ0) is 19.1. The number of carbonyl (C=O) groups is 1. The molecule has 7 nitrogen and oxygen atoms in total. The molecule has 0 saturated carbocycles. The van der Waals surface area contributed by atoms with Crippen LogP contribution in [0.4, 0.5) is 10.5 Å². The van der Waals surface area contributed by atoms with Gasteiger partial charge in [-0.2, -0.15) is 0 Å². The molecular formula is C19H31N5O2. The van der Waals surface area contributed by atoms with Crippen molar-refractivity contribution in [2.45, 2.75) is 39.4 Å². The number of nitrogens with one attached hydrogen (secondary N) is 3. The lowest BCUT2D eigenvalue weighted by molar-refractivity contribution is 0.187. The second-order valence-electron chi connectivity index (χ2n) is 7.02. The molecule has 0 bridgehead atoms. The summed E-state index contributed by atoms with van der Waals surface area (Å²) in [7, 11) is 3.14. The molecule has 7 heteroatoms. The summed E-state index contributed by atoms with van der Waals surface area (Å²) >= 11 is 0. The number of carbonyl (C=O) groups excluding carboxylic acids is 1. The molecule has 2 unspecified atom stereocenters. The summed E-state index contributed by atoms with van der Waals surface area (Å²) < 4.78 is 4.58. The van der Waals surface area contributed by atoms with Crippen LogP contribution in [0, 0.1) is 5.92 Å². The number of methoxy groups -OCH3 is 1. The van der Waals surface area contributed by atoms with Crippen LogP contribution < -0.4 is 16.0 Å². The Hall–Kier alpha value is -2.28. The quantitative estimate of drug-likeness (QED) is 0.554. The molecule has 1 aromatic carbocycles. The van der Waals surface area contributed by atoms with Crippen molar-refractivity contribution in [3.63, 3.8) is 0 Å². The zero-order valence-corrected chi connectivity index (χ0v) is 16.4. The number of likely N-dealkylation sites (tertiary alicyclic amines) is 1. The number of rotatable bonds is 5. The van der Waals surface area contributed by atoms with Gasteiger partial charge in [-0.25, -0.2) is 4.79 Å². The predicted molar refractivity (Wildman–Crippen MR) is 105 cm³/mol. The van der Waals surface area contributed by atoms with Crippen LogP contribution in [0.2, 0.25) is 0 Å². The van der Waals surface area contributed by atoms with Crippen molar-refractivity contribution in [2.75, 3.05) is 32.6 Å². The summed E-state index contributed by atoms with van der Waals surface area (Å²) in [6.45, 7) is 9.56. The minimum absolute atomic E-state index is 0.398. The van der Waals surface area contributed by atoms with E-state index in [4.69, 9.17) is 0 Å². The van der Waals surface area contributed by atoms with Crippen molar-refractivity contribution in [2.24, 2.45) is 10.9 Å². The lowest BCUT2D eigenvalue weighted by Gasteiger charge is -2.22. The smallest absolute Gasteiger partial charge is 0.411 e. The van der Waals surface area contributed by atoms with Gasteiger partial charge in [0, 0.05) is 44.5 Å². The number of anilines is 1. The molecule has 0 radical (unpaired) electrons. The van der Waals surface area contributed by atoms with Crippen LogP contribution >= 0.6 is 0 Å². The lowest BCUT2D eigenvalue weighted by atomic mass is 10.1. The first-order valence-corrected chi connectivity index (χ1v) is 9.08. The third kappa shape index (κ3) is 5.62. The molecule has 144 valence electrons. The molecule has 1 fully saturated rings. The van der Waals surface area contributed by atoms with Gasteiger partial charge < -0.3 is 15.4 Å². The number of ether oxygens (including phenoxy) is 1. The SMILES string of the molecule is CN=C(NCc1ccc(NC(=O)OC)cc1)NC1CN(C(C)C)CC1C. The van der Waals surface area contributed by atoms with E-state index in [1.165, 1.54) is 7.11 Å². The first-order valence-electron chi connectivity index (χ1n) is 9.08. The number of aliphatic imine (C=N–C) groups is 1. The number of hydrogen-bond acceptors (Lipinski definition) is 4. The molecule has 2 atom stereocenters. The largest absolute Gasteiger partial charge is 0.453 e. The maximum Gasteiger partial charge on any atom is 0.411 e. The van der Waals surface area contributed by atoms with Crippen LogP contribution in [-0.2, 0) is 11.3 Å². The van der Waals surface area contributed by atoms with Crippen molar-refractivity contribution in [1.82, 2.24) is 15.5 Å². The van der Waals surface area contributed by atoms with E-state index in [1.54, 1.807) is 7.05 Å². The van der Waals surface area contributed by atoms with E-state index in [9.17, 15) is 4.79 Å². The standard InChI is InChI=1S/C19H31N5O2/c1-13(2)24-11-14(3)17(12-24)23-18(20-4)21-10-15-6-8-16(9-7-15)22-19(25)26-5/h6-9,13-14,17H,10-12H2,1-5H3,(H,22,25)(H2,20,21,23). The van der Waals surface area contributed by atoms with Crippen molar-refractivity contribution in [3.8, 4) is 0 Å². The highest BCUT2D eigenvalue weighted by Gasteiger charge is 2.31. The molecule has 26 heavy (non-hydrogen) atoms. The third-order valence-electron chi connectivity index (χ3n) is 4.76. The van der Waals surface area contributed by atoms with Gasteiger partial charge in [-0.05, 0) is 37.5 Å². The van der Waals surface area contributed by atoms with E-state index >= 15 is 0 Å². The van der Waals surface area contributed by atoms with E-state index < -0.39 is 6.09 Å². The van der Waals surface area contributed by atoms with Gasteiger partial charge in [0.15, 0.2) is 5.96 Å². The van der Waals surface area contributed by atoms with Crippen molar-refractivity contribution in [1.29, 1.82) is 0 Å². The molecule has 1 aromatic rings. The fourth-order valence-corrected chi connectivity index (χ4v) is 3.04. The fraction of sp³-hybridized carbons (Fsp3) is 0.579. The second-order valence-corrected chi connectivity index (χ2v) is 7.02. The second kappa shape index (κ2) is 9.43. The first-order chi connectivity index (χ1) is 12.4. The molecule has 0 aliphatic carbocycles. The average Bonchev–Trinajstić information content (AvgIpc) is 3.00. The van der Waals surface area contributed by atoms with Crippen LogP contribution in [0.5, 0.6) is 0 Å². The molecule has 1 saturated heterocycles. The van der Waals surface area contributed by atoms with E-state index in [-0.39, 0.29) is 0 Å². The minimum atomic E-state index is -0.471. The Labute approximate surface area is 156 Å². The summed E-state index contributed by atoms with van der Waals surface area (Å²) in [5.41, 5.74) is 1.81. The van der Waals surface area contributed by atoms with E-state index in [1.807, 2.05) is 24.3 Å². The molecule has 1 aliphatic heterocycles. The van der Waals surface area contributed by atoms with Gasteiger partial charge in [0.1, 0.15) is 0 Å². The van der Waals surface area contributed by atoms with Crippen LogP contribution in [0.15, 0.2) is 29.3 Å². The lowest BCUT2D eigenvalue weighted by Crippen LogP contribution is -2.46. The van der Waals surface area contributed by atoms with Crippen LogP contribution in [-0.4, -0.2) is 56.3 Å². The molecule has 1 amide bonds. The number of guanidine groups is 1. The normalized spacial score (nSPS) is 20.9. The Morgan fingerprint density at radius 3 is 2.54 bits per heavy atom. The van der Waals surface area contributed by atoms with Gasteiger partial charge in [0.25, 0.3) is 0 Å². The highest BCUT2D eigenvalue weighted by atomic mass is 16.5. The van der Waals surface area contributed by atoms with Gasteiger partial charge in [0.05, 0.1) is 7.11 Å². The van der Waals surface area contributed by atoms with E-state index in [0.717, 1.165) is 24.6 Å². The Morgan fingerprint density at radius 2 is 2.00 bits per heavy atom. The molecule has 0 aromatic heterocycles. The summed E-state index contributed by atoms with van der Waals surface area (Å²) in [6, 6.07) is 8.59. The van der Waals surface area contributed by atoms with Crippen molar-refractivity contribution in [3.05, 3.63) is 29.8 Å². The zero-order valence-electron chi connectivity index (χ0n) is 16.4. The van der Waals surface area contributed by atoms with Crippen LogP contribution in [0.1, 0.15) is 26.3 Å². The third-order valence-corrected chi connectivity index (χ3v) is 4.76.